The van der Waals surface area contributed by atoms with Crippen LogP contribution in [0.4, 0.5) is 0 Å². The van der Waals surface area contributed by atoms with Gasteiger partial charge in [-0.15, -0.1) is 0 Å². The van der Waals surface area contributed by atoms with E-state index in [1.807, 2.05) is 0 Å². The van der Waals surface area contributed by atoms with Crippen LogP contribution in [0.3, 0.4) is 0 Å². The Morgan fingerprint density at radius 3 is 2.34 bits per heavy atom. The third-order valence-corrected chi connectivity index (χ3v) is 4.55. The zero-order valence-electron chi connectivity index (χ0n) is 16.4. The Morgan fingerprint density at radius 2 is 1.69 bits per heavy atom. The maximum Gasteiger partial charge on any atom is 0.340 e. The summed E-state index contributed by atoms with van der Waals surface area (Å²) in [5.74, 6) is -0.756. The lowest BCUT2D eigenvalue weighted by Crippen LogP contribution is -2.26. The predicted molar refractivity (Wildman–Crippen MR) is 106 cm³/mol. The van der Waals surface area contributed by atoms with Crippen LogP contribution in [0, 0.1) is 0 Å². The van der Waals surface area contributed by atoms with Gasteiger partial charge in [0.25, 0.3) is 0 Å². The molecule has 0 radical (unpaired) electrons. The molecule has 0 saturated carbocycles. The maximum atomic E-state index is 12.5. The van der Waals surface area contributed by atoms with E-state index in [4.69, 9.17) is 14.2 Å². The topological polar surface area (TPSA) is 83.8 Å². The standard InChI is InChI=1S/C22H21NO6/c1-14(21(25)15-8-10-16(27-2)11-9-15)29-20(24)13-23-12-18(22(26)28-3)17-6-4-5-7-19(17)23/h4-12,14H,13H2,1-3H3/t14-/m0/s1. The van der Waals surface area contributed by atoms with Gasteiger partial charge in [0.1, 0.15) is 12.3 Å². The Labute approximate surface area is 167 Å². The monoisotopic (exact) mass is 395 g/mol. The number of methoxy groups -OCH3 is 2. The highest BCUT2D eigenvalue weighted by Gasteiger charge is 2.21. The van der Waals surface area contributed by atoms with Crippen LogP contribution in [-0.4, -0.2) is 42.6 Å². The van der Waals surface area contributed by atoms with Crippen molar-refractivity contribution in [2.45, 2.75) is 19.6 Å². The summed E-state index contributed by atoms with van der Waals surface area (Å²) < 4.78 is 16.8. The lowest BCUT2D eigenvalue weighted by atomic mass is 10.1. The van der Waals surface area contributed by atoms with Gasteiger partial charge in [0.2, 0.25) is 5.78 Å². The van der Waals surface area contributed by atoms with Gasteiger partial charge in [-0.3, -0.25) is 9.59 Å². The van der Waals surface area contributed by atoms with Gasteiger partial charge in [0.15, 0.2) is 6.10 Å². The summed E-state index contributed by atoms with van der Waals surface area (Å²) in [7, 11) is 2.84. The second kappa shape index (κ2) is 8.60. The number of ketones is 1. The Hall–Kier alpha value is -3.61. The number of fused-ring (bicyclic) bond motifs is 1. The number of hydrogen-bond acceptors (Lipinski definition) is 6. The zero-order chi connectivity index (χ0) is 21.0. The number of para-hydroxylation sites is 1. The number of nitrogens with zero attached hydrogens (tertiary/aromatic N) is 1. The molecule has 0 fully saturated rings. The van der Waals surface area contributed by atoms with Crippen LogP contribution in [-0.2, 0) is 20.8 Å². The molecule has 1 atom stereocenters. The summed E-state index contributed by atoms with van der Waals surface area (Å²) in [6, 6.07) is 13.7. The van der Waals surface area contributed by atoms with Crippen LogP contribution < -0.4 is 4.74 Å². The Kier molecular flexibility index (Phi) is 5.97. The molecule has 0 amide bonds. The minimum absolute atomic E-state index is 0.141. The van der Waals surface area contributed by atoms with Crippen molar-refractivity contribution in [1.82, 2.24) is 4.57 Å². The number of Topliss-reactive ketones (excluding diaryl/α,β-unsaturated/α-hetero) is 1. The summed E-state index contributed by atoms with van der Waals surface area (Å²) >= 11 is 0. The first-order valence-corrected chi connectivity index (χ1v) is 8.98. The lowest BCUT2D eigenvalue weighted by molar-refractivity contribution is -0.146. The molecule has 0 aliphatic rings. The summed E-state index contributed by atoms with van der Waals surface area (Å²) in [5, 5.41) is 0.675. The van der Waals surface area contributed by atoms with Crippen molar-refractivity contribution < 1.29 is 28.6 Å². The minimum Gasteiger partial charge on any atom is -0.497 e. The molecule has 0 spiro atoms. The van der Waals surface area contributed by atoms with Crippen molar-refractivity contribution in [2.24, 2.45) is 0 Å². The maximum absolute atomic E-state index is 12.5. The molecule has 0 bridgehead atoms. The summed E-state index contributed by atoms with van der Waals surface area (Å²) in [4.78, 5) is 36.9. The molecular weight excluding hydrogens is 374 g/mol. The molecule has 3 rings (SSSR count). The lowest BCUT2D eigenvalue weighted by Gasteiger charge is -2.13. The van der Waals surface area contributed by atoms with Gasteiger partial charge in [-0.1, -0.05) is 18.2 Å². The Bertz CT molecular complexity index is 1050. The fraction of sp³-hybridized carbons (Fsp3) is 0.227. The van der Waals surface area contributed by atoms with Crippen LogP contribution in [0.15, 0.2) is 54.7 Å². The highest BCUT2D eigenvalue weighted by molar-refractivity contribution is 6.04. The van der Waals surface area contributed by atoms with E-state index in [0.717, 1.165) is 0 Å². The van der Waals surface area contributed by atoms with Gasteiger partial charge in [-0.05, 0) is 37.3 Å². The molecule has 7 heteroatoms. The van der Waals surface area contributed by atoms with Gasteiger partial charge in [0, 0.05) is 22.7 Å². The van der Waals surface area contributed by atoms with Gasteiger partial charge >= 0.3 is 11.9 Å². The third kappa shape index (κ3) is 4.29. The molecule has 2 aromatic carbocycles. The average molecular weight is 395 g/mol. The van der Waals surface area contributed by atoms with E-state index in [9.17, 15) is 14.4 Å². The molecule has 3 aromatic rings. The number of ether oxygens (including phenoxy) is 3. The highest BCUT2D eigenvalue weighted by Crippen LogP contribution is 2.22. The number of carbonyl (C=O) groups excluding carboxylic acids is 3. The highest BCUT2D eigenvalue weighted by atomic mass is 16.5. The van der Waals surface area contributed by atoms with Gasteiger partial charge in [0.05, 0.1) is 19.8 Å². The van der Waals surface area contributed by atoms with Crippen molar-refractivity contribution in [2.75, 3.05) is 14.2 Å². The first-order valence-electron chi connectivity index (χ1n) is 8.98. The minimum atomic E-state index is -0.946. The van der Waals surface area contributed by atoms with Crippen LogP contribution in [0.5, 0.6) is 5.75 Å². The number of rotatable bonds is 7. The van der Waals surface area contributed by atoms with Crippen molar-refractivity contribution in [3.63, 3.8) is 0 Å². The van der Waals surface area contributed by atoms with E-state index >= 15 is 0 Å². The summed E-state index contributed by atoms with van der Waals surface area (Å²) in [6.07, 6.45) is 0.603. The summed E-state index contributed by atoms with van der Waals surface area (Å²) in [5.41, 5.74) is 1.47. The first-order chi connectivity index (χ1) is 13.9. The third-order valence-electron chi connectivity index (χ3n) is 4.55. The molecule has 0 unspecified atom stereocenters. The van der Waals surface area contributed by atoms with Crippen molar-refractivity contribution in [3.05, 3.63) is 65.9 Å². The molecule has 7 nitrogen and oxygen atoms in total. The Morgan fingerprint density at radius 1 is 1.00 bits per heavy atom. The smallest absolute Gasteiger partial charge is 0.340 e. The predicted octanol–water partition coefficient (Wildman–Crippen LogP) is 3.25. The van der Waals surface area contributed by atoms with Crippen LogP contribution in [0.25, 0.3) is 10.9 Å². The van der Waals surface area contributed by atoms with E-state index in [1.165, 1.54) is 21.1 Å². The largest absolute Gasteiger partial charge is 0.497 e. The van der Waals surface area contributed by atoms with Gasteiger partial charge in [-0.2, -0.15) is 0 Å². The number of carbonyl (C=O) groups is 3. The quantitative estimate of drug-likeness (QED) is 0.451. The van der Waals surface area contributed by atoms with E-state index in [0.29, 0.717) is 27.8 Å². The van der Waals surface area contributed by atoms with Crippen molar-refractivity contribution in [3.8, 4) is 5.75 Å². The second-order valence-corrected chi connectivity index (χ2v) is 6.40. The van der Waals surface area contributed by atoms with Crippen molar-refractivity contribution in [1.29, 1.82) is 0 Å². The number of aromatic nitrogens is 1. The fourth-order valence-electron chi connectivity index (χ4n) is 3.07. The fourth-order valence-corrected chi connectivity index (χ4v) is 3.07. The Balaban J connectivity index is 1.73. The number of hydrogen-bond donors (Lipinski definition) is 0. The van der Waals surface area contributed by atoms with Crippen LogP contribution in [0.1, 0.15) is 27.6 Å². The van der Waals surface area contributed by atoms with Crippen molar-refractivity contribution >= 4 is 28.6 Å². The SMILES string of the molecule is COC(=O)c1cn(CC(=O)O[C@@H](C)C(=O)c2ccc(OC)cc2)c2ccccc12. The molecule has 0 saturated heterocycles. The molecular formula is C22H21NO6. The molecule has 0 N–H and O–H groups in total. The van der Waals surface area contributed by atoms with Gasteiger partial charge < -0.3 is 18.8 Å². The zero-order valence-corrected chi connectivity index (χ0v) is 16.4. The molecule has 29 heavy (non-hydrogen) atoms. The normalized spacial score (nSPS) is 11.7. The molecule has 0 aliphatic heterocycles. The van der Waals surface area contributed by atoms with E-state index < -0.39 is 18.0 Å². The number of esters is 2. The van der Waals surface area contributed by atoms with E-state index in [1.54, 1.807) is 59.3 Å². The van der Waals surface area contributed by atoms with Crippen LogP contribution >= 0.6 is 0 Å². The first kappa shape index (κ1) is 20.1. The molecule has 1 heterocycles. The van der Waals surface area contributed by atoms with E-state index in [2.05, 4.69) is 0 Å². The molecule has 1 aromatic heterocycles. The second-order valence-electron chi connectivity index (χ2n) is 6.40. The van der Waals surface area contributed by atoms with Gasteiger partial charge in [-0.25, -0.2) is 4.79 Å². The van der Waals surface area contributed by atoms with E-state index in [-0.39, 0.29) is 12.3 Å². The molecule has 0 aliphatic carbocycles. The van der Waals surface area contributed by atoms with Crippen LogP contribution in [0.2, 0.25) is 0 Å². The molecule has 150 valence electrons. The summed E-state index contributed by atoms with van der Waals surface area (Å²) in [6.45, 7) is 1.38. The number of benzene rings is 2. The average Bonchev–Trinajstić information content (AvgIpc) is 3.11.